The fourth-order valence-corrected chi connectivity index (χ4v) is 4.21. The first-order valence-electron chi connectivity index (χ1n) is 10.9. The zero-order valence-electron chi connectivity index (χ0n) is 18.0. The number of piperazine rings is 1. The minimum atomic E-state index is -0.426. The van der Waals surface area contributed by atoms with Gasteiger partial charge in [0.05, 0.1) is 5.69 Å². The van der Waals surface area contributed by atoms with Crippen molar-refractivity contribution in [2.45, 2.75) is 38.4 Å². The van der Waals surface area contributed by atoms with Crippen LogP contribution in [0.2, 0.25) is 0 Å². The molecule has 2 unspecified atom stereocenters. The number of nitrogens with two attached hydrogens (primary N) is 1. The van der Waals surface area contributed by atoms with Crippen molar-refractivity contribution in [1.29, 1.82) is 0 Å². The first kappa shape index (κ1) is 21.5. The van der Waals surface area contributed by atoms with E-state index < -0.39 is 5.69 Å². The summed E-state index contributed by atoms with van der Waals surface area (Å²) in [7, 11) is 0. The van der Waals surface area contributed by atoms with Crippen LogP contribution < -0.4 is 22.1 Å². The van der Waals surface area contributed by atoms with E-state index in [0.29, 0.717) is 25.2 Å². The van der Waals surface area contributed by atoms with Gasteiger partial charge in [-0.1, -0.05) is 12.1 Å². The van der Waals surface area contributed by atoms with Crippen LogP contribution in [0, 0.1) is 0 Å². The topological polar surface area (TPSA) is 109 Å². The number of hydrogen-bond acceptors (Lipinski definition) is 6. The van der Waals surface area contributed by atoms with Crippen molar-refractivity contribution in [3.05, 3.63) is 52.6 Å². The molecule has 2 aliphatic heterocycles. The number of benzene rings is 1. The Morgan fingerprint density at radius 3 is 2.61 bits per heavy atom. The number of piperidine rings is 1. The first-order valence-corrected chi connectivity index (χ1v) is 10.9. The summed E-state index contributed by atoms with van der Waals surface area (Å²) < 4.78 is 1.48. The largest absolute Gasteiger partial charge is 0.354 e. The van der Waals surface area contributed by atoms with Crippen molar-refractivity contribution < 1.29 is 4.79 Å². The second kappa shape index (κ2) is 9.59. The number of nitrogens with zero attached hydrogens (tertiary/aromatic N) is 4. The molecule has 1 aromatic carbocycles. The van der Waals surface area contributed by atoms with Crippen molar-refractivity contribution >= 4 is 11.8 Å². The summed E-state index contributed by atoms with van der Waals surface area (Å²) in [4.78, 5) is 33.0. The Kier molecular flexibility index (Phi) is 6.64. The van der Waals surface area contributed by atoms with Crippen molar-refractivity contribution in [2.75, 3.05) is 38.0 Å². The van der Waals surface area contributed by atoms with E-state index in [9.17, 15) is 9.59 Å². The number of hydrogen-bond donors (Lipinski definition) is 3. The molecule has 0 radical (unpaired) electrons. The first-order chi connectivity index (χ1) is 15.0. The van der Waals surface area contributed by atoms with Crippen molar-refractivity contribution in [1.82, 2.24) is 24.7 Å². The Morgan fingerprint density at radius 1 is 1.19 bits per heavy atom. The van der Waals surface area contributed by atoms with Gasteiger partial charge in [-0.2, -0.15) is 4.98 Å². The van der Waals surface area contributed by atoms with Crippen LogP contribution in [0.4, 0.5) is 10.6 Å². The minimum Gasteiger partial charge on any atom is -0.328 e. The number of aromatic nitrogens is 2. The summed E-state index contributed by atoms with van der Waals surface area (Å²) in [5, 5.41) is 5.91. The molecule has 31 heavy (non-hydrogen) atoms. The molecule has 9 heteroatoms. The third kappa shape index (κ3) is 5.30. The fraction of sp³-hybridized carbons (Fsp3) is 0.500. The maximum atomic E-state index is 12.5. The predicted octanol–water partition coefficient (Wildman–Crippen LogP) is 0.981. The number of likely N-dealkylation sites (tertiary alicyclic amines) is 1. The smallest absolute Gasteiger partial charge is 0.328 e. The van der Waals surface area contributed by atoms with Crippen LogP contribution >= 0.6 is 0 Å². The van der Waals surface area contributed by atoms with Crippen LogP contribution in [0.1, 0.15) is 25.3 Å². The maximum Gasteiger partial charge on any atom is 0.354 e. The summed E-state index contributed by atoms with van der Waals surface area (Å²) in [6.45, 7) is 6.91. The van der Waals surface area contributed by atoms with E-state index >= 15 is 0 Å². The van der Waals surface area contributed by atoms with Crippen LogP contribution in [0.25, 0.3) is 5.69 Å². The highest BCUT2D eigenvalue weighted by molar-refractivity contribution is 5.88. The monoisotopic (exact) mass is 425 g/mol. The molecule has 2 saturated heterocycles. The Bertz CT molecular complexity index is 953. The summed E-state index contributed by atoms with van der Waals surface area (Å²) in [6.07, 6.45) is 3.70. The molecule has 4 rings (SSSR count). The van der Waals surface area contributed by atoms with Gasteiger partial charge in [0.2, 0.25) is 0 Å². The number of anilines is 1. The van der Waals surface area contributed by atoms with E-state index in [0.717, 1.165) is 44.7 Å². The molecule has 3 heterocycles. The third-order valence-electron chi connectivity index (χ3n) is 6.10. The summed E-state index contributed by atoms with van der Waals surface area (Å²) in [5.41, 5.74) is 7.58. The Hall–Kier alpha value is -2.75. The maximum absolute atomic E-state index is 12.5. The molecule has 2 amide bonds. The molecule has 0 saturated carbocycles. The Balaban J connectivity index is 1.40. The fourth-order valence-electron chi connectivity index (χ4n) is 4.21. The summed E-state index contributed by atoms with van der Waals surface area (Å²) in [6, 6.07) is 10.1. The minimum absolute atomic E-state index is 0.233. The quantitative estimate of drug-likeness (QED) is 0.674. The van der Waals surface area contributed by atoms with Crippen LogP contribution in [0.15, 0.2) is 41.3 Å². The van der Waals surface area contributed by atoms with Gasteiger partial charge in [-0.25, -0.2) is 9.59 Å². The zero-order chi connectivity index (χ0) is 21.8. The van der Waals surface area contributed by atoms with E-state index in [1.54, 1.807) is 17.2 Å². The molecule has 2 aromatic rings. The molecule has 0 aliphatic carbocycles. The molecule has 166 valence electrons. The van der Waals surface area contributed by atoms with Crippen molar-refractivity contribution in [2.24, 2.45) is 5.73 Å². The van der Waals surface area contributed by atoms with Gasteiger partial charge in [0.1, 0.15) is 5.82 Å². The Labute approximate surface area is 182 Å². The lowest BCUT2D eigenvalue weighted by Crippen LogP contribution is -2.48. The van der Waals surface area contributed by atoms with Gasteiger partial charge in [0.15, 0.2) is 0 Å². The number of rotatable bonds is 4. The zero-order valence-corrected chi connectivity index (χ0v) is 18.0. The van der Waals surface area contributed by atoms with Crippen LogP contribution in [-0.4, -0.2) is 70.2 Å². The average molecular weight is 426 g/mol. The third-order valence-corrected chi connectivity index (χ3v) is 6.10. The molecular weight excluding hydrogens is 394 g/mol. The number of nitrogens with one attached hydrogen (secondary N) is 2. The SMILES string of the molecule is CC1CC(N)CCN1Cc1ccc(-n2ccc(NC(=O)N3CCNCC3)nc2=O)cc1. The van der Waals surface area contributed by atoms with E-state index in [2.05, 4.69) is 27.4 Å². The lowest BCUT2D eigenvalue weighted by molar-refractivity contribution is 0.140. The van der Waals surface area contributed by atoms with Gasteiger partial charge < -0.3 is 16.0 Å². The molecule has 2 atom stereocenters. The van der Waals surface area contributed by atoms with E-state index in [4.69, 9.17) is 5.73 Å². The molecule has 1 aromatic heterocycles. The van der Waals surface area contributed by atoms with Crippen LogP contribution in [0.5, 0.6) is 0 Å². The van der Waals surface area contributed by atoms with Gasteiger partial charge in [-0.15, -0.1) is 0 Å². The predicted molar refractivity (Wildman–Crippen MR) is 120 cm³/mol. The molecule has 4 N–H and O–H groups in total. The summed E-state index contributed by atoms with van der Waals surface area (Å²) in [5.74, 6) is 0.263. The van der Waals surface area contributed by atoms with Crippen molar-refractivity contribution in [3.63, 3.8) is 0 Å². The van der Waals surface area contributed by atoms with Crippen LogP contribution in [-0.2, 0) is 6.54 Å². The highest BCUT2D eigenvalue weighted by atomic mass is 16.2. The van der Waals surface area contributed by atoms with E-state index in [1.165, 1.54) is 10.1 Å². The second-order valence-electron chi connectivity index (χ2n) is 8.40. The van der Waals surface area contributed by atoms with Gasteiger partial charge in [-0.05, 0) is 43.5 Å². The molecule has 2 fully saturated rings. The highest BCUT2D eigenvalue weighted by Crippen LogP contribution is 2.19. The lowest BCUT2D eigenvalue weighted by Gasteiger charge is -2.36. The van der Waals surface area contributed by atoms with Gasteiger partial charge in [0, 0.05) is 57.5 Å². The van der Waals surface area contributed by atoms with Gasteiger partial charge in [0.25, 0.3) is 0 Å². The normalized spacial score (nSPS) is 22.3. The number of carbonyl (C=O) groups is 1. The molecule has 0 spiro atoms. The van der Waals surface area contributed by atoms with Crippen LogP contribution in [0.3, 0.4) is 0 Å². The Morgan fingerprint density at radius 2 is 1.94 bits per heavy atom. The molecule has 2 aliphatic rings. The van der Waals surface area contributed by atoms with Gasteiger partial charge >= 0.3 is 11.7 Å². The number of carbonyl (C=O) groups excluding carboxylic acids is 1. The van der Waals surface area contributed by atoms with E-state index in [-0.39, 0.29) is 11.8 Å². The number of urea groups is 1. The highest BCUT2D eigenvalue weighted by Gasteiger charge is 2.23. The molecular formula is C22H31N7O2. The van der Waals surface area contributed by atoms with Gasteiger partial charge in [-0.3, -0.25) is 14.8 Å². The summed E-state index contributed by atoms with van der Waals surface area (Å²) >= 11 is 0. The standard InChI is InChI=1S/C22H31N7O2/c1-16-14-18(23)6-10-28(16)15-17-2-4-19(5-3-17)29-11-7-20(26-22(29)31)25-21(30)27-12-8-24-9-13-27/h2-5,7,11,16,18,24H,6,8-10,12-15,23H2,1H3,(H,25,26,30,31). The second-order valence-corrected chi connectivity index (χ2v) is 8.40. The molecule has 0 bridgehead atoms. The molecule has 9 nitrogen and oxygen atoms in total. The van der Waals surface area contributed by atoms with Crippen molar-refractivity contribution in [3.8, 4) is 5.69 Å². The average Bonchev–Trinajstić information content (AvgIpc) is 2.77. The number of amides is 2. The lowest BCUT2D eigenvalue weighted by atomic mass is 9.98. The van der Waals surface area contributed by atoms with E-state index in [1.807, 2.05) is 24.3 Å².